The number of rotatable bonds is 8. The van der Waals surface area contributed by atoms with Crippen molar-refractivity contribution < 1.29 is 22.1 Å². The van der Waals surface area contributed by atoms with Gasteiger partial charge in [0.05, 0.1) is 6.61 Å². The van der Waals surface area contributed by atoms with E-state index in [2.05, 4.69) is 21.2 Å². The van der Waals surface area contributed by atoms with Crippen LogP contribution in [0.25, 0.3) is 27.7 Å². The molecule has 37 heavy (non-hydrogen) atoms. The molecule has 8 nitrogen and oxygen atoms in total. The van der Waals surface area contributed by atoms with E-state index in [1.165, 1.54) is 6.07 Å². The molecular formula is C27H22BrN3O5S. The SMILES string of the molecule is CCOC(=O)CNc1c(-c2cccc(OS(=O)(=O)c3cccc4ccccc34)c2)nc2ccc(Br)cn12. The Morgan fingerprint density at radius 1 is 1.03 bits per heavy atom. The number of carbonyl (C=O) groups excluding carboxylic acids is 1. The van der Waals surface area contributed by atoms with Gasteiger partial charge in [-0.1, -0.05) is 48.5 Å². The van der Waals surface area contributed by atoms with Crippen molar-refractivity contribution in [2.24, 2.45) is 0 Å². The van der Waals surface area contributed by atoms with E-state index in [9.17, 15) is 13.2 Å². The van der Waals surface area contributed by atoms with E-state index in [4.69, 9.17) is 13.9 Å². The summed E-state index contributed by atoms with van der Waals surface area (Å²) < 4.78 is 39.7. The zero-order chi connectivity index (χ0) is 26.0. The van der Waals surface area contributed by atoms with Gasteiger partial charge in [0.25, 0.3) is 0 Å². The van der Waals surface area contributed by atoms with Crippen molar-refractivity contribution >= 4 is 54.3 Å². The van der Waals surface area contributed by atoms with Crippen LogP contribution in [0.15, 0.2) is 94.4 Å². The van der Waals surface area contributed by atoms with Gasteiger partial charge in [0, 0.05) is 21.6 Å². The summed E-state index contributed by atoms with van der Waals surface area (Å²) in [6.45, 7) is 1.95. The van der Waals surface area contributed by atoms with Gasteiger partial charge in [0.1, 0.15) is 34.3 Å². The minimum Gasteiger partial charge on any atom is -0.465 e. The fourth-order valence-corrected chi connectivity index (χ4v) is 5.52. The summed E-state index contributed by atoms with van der Waals surface area (Å²) in [7, 11) is -4.12. The number of nitrogens with zero attached hydrogens (tertiary/aromatic N) is 2. The Morgan fingerprint density at radius 3 is 2.65 bits per heavy atom. The van der Waals surface area contributed by atoms with Gasteiger partial charge in [-0.3, -0.25) is 9.20 Å². The van der Waals surface area contributed by atoms with Gasteiger partial charge in [0.2, 0.25) is 0 Å². The number of fused-ring (bicyclic) bond motifs is 2. The van der Waals surface area contributed by atoms with E-state index in [0.717, 1.165) is 9.86 Å². The third-order valence-electron chi connectivity index (χ3n) is 5.62. The maximum atomic E-state index is 13.2. The molecule has 0 fully saturated rings. The molecule has 5 aromatic rings. The van der Waals surface area contributed by atoms with Gasteiger partial charge in [-0.15, -0.1) is 0 Å². The number of carbonyl (C=O) groups is 1. The number of hydrogen-bond acceptors (Lipinski definition) is 7. The molecule has 0 amide bonds. The predicted molar refractivity (Wildman–Crippen MR) is 145 cm³/mol. The first-order valence-corrected chi connectivity index (χ1v) is 13.7. The van der Waals surface area contributed by atoms with Crippen LogP contribution in [0, 0.1) is 0 Å². The summed E-state index contributed by atoms with van der Waals surface area (Å²) in [6.07, 6.45) is 1.82. The topological polar surface area (TPSA) is 99.0 Å². The van der Waals surface area contributed by atoms with Crippen LogP contribution in [0.4, 0.5) is 5.82 Å². The molecule has 1 N–H and O–H groups in total. The van der Waals surface area contributed by atoms with Crippen molar-refractivity contribution in [1.82, 2.24) is 9.38 Å². The van der Waals surface area contributed by atoms with E-state index in [1.54, 1.807) is 53.8 Å². The first kappa shape index (κ1) is 24.8. The maximum Gasteiger partial charge on any atom is 0.339 e. The second-order valence-electron chi connectivity index (χ2n) is 8.09. The minimum absolute atomic E-state index is 0.0627. The molecule has 0 atom stereocenters. The Labute approximate surface area is 222 Å². The molecule has 2 aromatic heterocycles. The molecule has 0 bridgehead atoms. The van der Waals surface area contributed by atoms with E-state index in [-0.39, 0.29) is 23.8 Å². The number of anilines is 1. The third kappa shape index (κ3) is 5.16. The van der Waals surface area contributed by atoms with Gasteiger partial charge in [-0.25, -0.2) is 4.98 Å². The second-order valence-corrected chi connectivity index (χ2v) is 10.5. The lowest BCUT2D eigenvalue weighted by Gasteiger charge is -2.11. The monoisotopic (exact) mass is 579 g/mol. The number of imidazole rings is 1. The first-order valence-electron chi connectivity index (χ1n) is 11.5. The molecule has 188 valence electrons. The Morgan fingerprint density at radius 2 is 1.81 bits per heavy atom. The Kier molecular flexibility index (Phi) is 6.86. The molecule has 10 heteroatoms. The van der Waals surface area contributed by atoms with Crippen molar-refractivity contribution in [1.29, 1.82) is 0 Å². The highest BCUT2D eigenvalue weighted by atomic mass is 79.9. The number of pyridine rings is 1. The number of ether oxygens (including phenoxy) is 1. The van der Waals surface area contributed by atoms with Crippen molar-refractivity contribution in [3.8, 4) is 17.0 Å². The zero-order valence-corrected chi connectivity index (χ0v) is 22.1. The fraction of sp³-hybridized carbons (Fsp3) is 0.111. The van der Waals surface area contributed by atoms with Crippen LogP contribution in [-0.2, 0) is 19.6 Å². The molecule has 0 saturated heterocycles. The Balaban J connectivity index is 1.52. The quantitative estimate of drug-likeness (QED) is 0.187. The standard InChI is InChI=1S/C27H22BrN3O5S/c1-2-35-25(32)16-29-27-26(30-24-14-13-20(28)17-31(24)27)19-9-5-10-21(15-19)36-37(33,34)23-12-6-8-18-7-3-4-11-22(18)23/h3-15,17,29H,2,16H2,1H3. The van der Waals surface area contributed by atoms with Gasteiger partial charge >= 0.3 is 16.1 Å². The van der Waals surface area contributed by atoms with E-state index >= 15 is 0 Å². The number of benzene rings is 3. The molecule has 0 aliphatic rings. The van der Waals surface area contributed by atoms with E-state index < -0.39 is 16.1 Å². The van der Waals surface area contributed by atoms with Crippen molar-refractivity contribution in [2.75, 3.05) is 18.5 Å². The maximum absolute atomic E-state index is 13.2. The van der Waals surface area contributed by atoms with Crippen LogP contribution in [0.1, 0.15) is 6.92 Å². The van der Waals surface area contributed by atoms with Gasteiger partial charge < -0.3 is 14.2 Å². The molecule has 0 radical (unpaired) electrons. The van der Waals surface area contributed by atoms with Gasteiger partial charge in [-0.2, -0.15) is 8.42 Å². The highest BCUT2D eigenvalue weighted by molar-refractivity contribution is 9.10. The fourth-order valence-electron chi connectivity index (χ4n) is 4.04. The highest BCUT2D eigenvalue weighted by Gasteiger charge is 2.21. The average Bonchev–Trinajstić information content (AvgIpc) is 3.25. The van der Waals surface area contributed by atoms with Crippen LogP contribution in [0.5, 0.6) is 5.75 Å². The lowest BCUT2D eigenvalue weighted by molar-refractivity contribution is -0.140. The number of nitrogens with one attached hydrogen (secondary N) is 1. The lowest BCUT2D eigenvalue weighted by Crippen LogP contribution is -2.17. The van der Waals surface area contributed by atoms with Crippen LogP contribution in [0.2, 0.25) is 0 Å². The summed E-state index contributed by atoms with van der Waals surface area (Å²) in [5.41, 5.74) is 1.77. The van der Waals surface area contributed by atoms with Crippen molar-refractivity contribution in [2.45, 2.75) is 11.8 Å². The number of halogens is 1. The predicted octanol–water partition coefficient (Wildman–Crippen LogP) is 5.66. The molecule has 3 aromatic carbocycles. The lowest BCUT2D eigenvalue weighted by atomic mass is 10.1. The molecule has 0 unspecified atom stereocenters. The number of hydrogen-bond donors (Lipinski definition) is 1. The van der Waals surface area contributed by atoms with E-state index in [1.807, 2.05) is 36.5 Å². The zero-order valence-electron chi connectivity index (χ0n) is 19.7. The average molecular weight is 580 g/mol. The van der Waals surface area contributed by atoms with Crippen LogP contribution < -0.4 is 9.50 Å². The molecule has 0 spiro atoms. The minimum atomic E-state index is -4.12. The van der Waals surface area contributed by atoms with Crippen LogP contribution in [-0.4, -0.2) is 36.9 Å². The summed E-state index contributed by atoms with van der Waals surface area (Å²) in [5, 5.41) is 4.49. The summed E-state index contributed by atoms with van der Waals surface area (Å²) in [6, 6.07) is 22.7. The first-order chi connectivity index (χ1) is 17.9. The Hall–Kier alpha value is -3.89. The molecular weight excluding hydrogens is 558 g/mol. The number of esters is 1. The van der Waals surface area contributed by atoms with Crippen molar-refractivity contribution in [3.63, 3.8) is 0 Å². The van der Waals surface area contributed by atoms with Crippen molar-refractivity contribution in [3.05, 3.63) is 89.5 Å². The smallest absolute Gasteiger partial charge is 0.339 e. The largest absolute Gasteiger partial charge is 0.465 e. The molecule has 2 heterocycles. The van der Waals surface area contributed by atoms with Crippen LogP contribution in [0.3, 0.4) is 0 Å². The molecule has 0 aliphatic heterocycles. The Bertz CT molecular complexity index is 1730. The van der Waals surface area contributed by atoms with Gasteiger partial charge in [-0.05, 0) is 58.6 Å². The highest BCUT2D eigenvalue weighted by Crippen LogP contribution is 2.33. The van der Waals surface area contributed by atoms with Gasteiger partial charge in [0.15, 0.2) is 0 Å². The molecule has 5 rings (SSSR count). The third-order valence-corrected chi connectivity index (χ3v) is 7.40. The molecule has 0 aliphatic carbocycles. The summed E-state index contributed by atoms with van der Waals surface area (Å²) >= 11 is 3.47. The normalized spacial score (nSPS) is 11.5. The molecule has 0 saturated carbocycles. The second kappa shape index (κ2) is 10.2. The number of aromatic nitrogens is 2. The summed E-state index contributed by atoms with van der Waals surface area (Å²) in [5.74, 6) is 0.287. The van der Waals surface area contributed by atoms with Crippen LogP contribution >= 0.6 is 15.9 Å². The van der Waals surface area contributed by atoms with E-state index in [0.29, 0.717) is 28.1 Å². The summed E-state index contributed by atoms with van der Waals surface area (Å²) in [4.78, 5) is 16.8.